The zero-order chi connectivity index (χ0) is 13.7. The summed E-state index contributed by atoms with van der Waals surface area (Å²) in [5.41, 5.74) is 2.52. The molecule has 2 aromatic rings. The van der Waals surface area contributed by atoms with Crippen LogP contribution >= 0.6 is 27.3 Å². The van der Waals surface area contributed by atoms with Crippen molar-refractivity contribution in [1.29, 1.82) is 0 Å². The maximum atomic E-state index is 4.62. The zero-order valence-corrected chi connectivity index (χ0v) is 13.9. The third-order valence-electron chi connectivity index (χ3n) is 3.06. The first-order valence-electron chi connectivity index (χ1n) is 6.72. The van der Waals surface area contributed by atoms with Crippen molar-refractivity contribution < 1.29 is 0 Å². The van der Waals surface area contributed by atoms with Gasteiger partial charge in [-0.15, -0.1) is 11.3 Å². The molecule has 0 unspecified atom stereocenters. The summed E-state index contributed by atoms with van der Waals surface area (Å²) in [6, 6.07) is 4.38. The number of thiophene rings is 1. The highest BCUT2D eigenvalue weighted by molar-refractivity contribution is 9.10. The Morgan fingerprint density at radius 2 is 2.16 bits per heavy atom. The SMILES string of the molecule is CCc1cc(CC)n(CCNCc2cc(Br)cs2)n1. The van der Waals surface area contributed by atoms with Gasteiger partial charge >= 0.3 is 0 Å². The molecule has 0 aliphatic carbocycles. The summed E-state index contributed by atoms with van der Waals surface area (Å²) in [4.78, 5) is 1.36. The van der Waals surface area contributed by atoms with E-state index >= 15 is 0 Å². The Kier molecular flexibility index (Phi) is 5.60. The summed E-state index contributed by atoms with van der Waals surface area (Å²) in [6.07, 6.45) is 2.06. The number of hydrogen-bond donors (Lipinski definition) is 1. The average molecular weight is 342 g/mol. The summed E-state index contributed by atoms with van der Waals surface area (Å²) in [5, 5.41) is 10.2. The molecule has 0 bridgehead atoms. The van der Waals surface area contributed by atoms with Crippen molar-refractivity contribution in [3.05, 3.63) is 38.3 Å². The number of aryl methyl sites for hydroxylation is 2. The van der Waals surface area contributed by atoms with Gasteiger partial charge < -0.3 is 5.32 Å². The van der Waals surface area contributed by atoms with Crippen molar-refractivity contribution in [2.24, 2.45) is 0 Å². The summed E-state index contributed by atoms with van der Waals surface area (Å²) >= 11 is 5.26. The van der Waals surface area contributed by atoms with Crippen LogP contribution < -0.4 is 5.32 Å². The highest BCUT2D eigenvalue weighted by atomic mass is 79.9. The Bertz CT molecular complexity index is 518. The number of hydrogen-bond acceptors (Lipinski definition) is 3. The first-order valence-corrected chi connectivity index (χ1v) is 8.39. The van der Waals surface area contributed by atoms with E-state index in [0.29, 0.717) is 0 Å². The maximum absolute atomic E-state index is 4.62. The molecule has 3 nitrogen and oxygen atoms in total. The highest BCUT2D eigenvalue weighted by Gasteiger charge is 2.04. The third kappa shape index (κ3) is 4.16. The topological polar surface area (TPSA) is 29.9 Å². The lowest BCUT2D eigenvalue weighted by molar-refractivity contribution is 0.536. The van der Waals surface area contributed by atoms with Gasteiger partial charge in [-0.25, -0.2) is 0 Å². The van der Waals surface area contributed by atoms with Crippen LogP contribution in [0.15, 0.2) is 22.0 Å². The Morgan fingerprint density at radius 3 is 2.79 bits per heavy atom. The van der Waals surface area contributed by atoms with Crippen LogP contribution in [0.25, 0.3) is 0 Å². The highest BCUT2D eigenvalue weighted by Crippen LogP contribution is 2.19. The largest absolute Gasteiger partial charge is 0.310 e. The predicted octanol–water partition coefficient (Wildman–Crippen LogP) is 3.62. The summed E-state index contributed by atoms with van der Waals surface area (Å²) in [7, 11) is 0. The maximum Gasteiger partial charge on any atom is 0.0624 e. The number of nitrogens with zero attached hydrogens (tertiary/aromatic N) is 2. The van der Waals surface area contributed by atoms with Crippen LogP contribution in [0, 0.1) is 0 Å². The van der Waals surface area contributed by atoms with E-state index in [-0.39, 0.29) is 0 Å². The molecule has 2 heterocycles. The van der Waals surface area contributed by atoms with Crippen LogP contribution in [0.2, 0.25) is 0 Å². The van der Waals surface area contributed by atoms with Crippen molar-refractivity contribution >= 4 is 27.3 Å². The van der Waals surface area contributed by atoms with Gasteiger partial charge in [0.2, 0.25) is 0 Å². The molecule has 0 aliphatic heterocycles. The van der Waals surface area contributed by atoms with Gasteiger partial charge in [-0.1, -0.05) is 13.8 Å². The first-order chi connectivity index (χ1) is 9.22. The van der Waals surface area contributed by atoms with E-state index in [1.54, 1.807) is 11.3 Å². The van der Waals surface area contributed by atoms with Crippen LogP contribution in [0.5, 0.6) is 0 Å². The molecule has 0 aromatic carbocycles. The average Bonchev–Trinajstić information content (AvgIpc) is 3.00. The molecule has 0 radical (unpaired) electrons. The lowest BCUT2D eigenvalue weighted by Gasteiger charge is -2.06. The Hall–Kier alpha value is -0.650. The van der Waals surface area contributed by atoms with E-state index < -0.39 is 0 Å². The fraction of sp³-hybridized carbons (Fsp3) is 0.500. The van der Waals surface area contributed by atoms with Crippen LogP contribution in [-0.4, -0.2) is 16.3 Å². The van der Waals surface area contributed by atoms with Gasteiger partial charge in [0.1, 0.15) is 0 Å². The minimum Gasteiger partial charge on any atom is -0.310 e. The molecule has 5 heteroatoms. The van der Waals surface area contributed by atoms with E-state index in [9.17, 15) is 0 Å². The van der Waals surface area contributed by atoms with Crippen molar-refractivity contribution in [3.8, 4) is 0 Å². The molecule has 0 spiro atoms. The molecule has 0 atom stereocenters. The standard InChI is InChI=1S/C14H20BrN3S/c1-3-12-8-13(4-2)18(17-12)6-5-16-9-14-7-11(15)10-19-14/h7-8,10,16H,3-6,9H2,1-2H3. The second-order valence-corrected chi connectivity index (χ2v) is 6.38. The van der Waals surface area contributed by atoms with Gasteiger partial charge in [-0.3, -0.25) is 4.68 Å². The van der Waals surface area contributed by atoms with E-state index in [1.165, 1.54) is 20.7 Å². The Labute approximate surface area is 127 Å². The fourth-order valence-corrected chi connectivity index (χ4v) is 3.43. The zero-order valence-electron chi connectivity index (χ0n) is 11.4. The van der Waals surface area contributed by atoms with Crippen LogP contribution in [0.3, 0.4) is 0 Å². The first kappa shape index (κ1) is 14.8. The van der Waals surface area contributed by atoms with Crippen molar-refractivity contribution in [2.75, 3.05) is 6.54 Å². The Morgan fingerprint density at radius 1 is 1.32 bits per heavy atom. The molecule has 0 saturated heterocycles. The molecular weight excluding hydrogens is 322 g/mol. The van der Waals surface area contributed by atoms with Crippen molar-refractivity contribution in [2.45, 2.75) is 39.8 Å². The summed E-state index contributed by atoms with van der Waals surface area (Å²) in [6.45, 7) is 7.16. The monoisotopic (exact) mass is 341 g/mol. The molecule has 19 heavy (non-hydrogen) atoms. The molecular formula is C14H20BrN3S. The minimum absolute atomic E-state index is 0.930. The van der Waals surface area contributed by atoms with E-state index in [4.69, 9.17) is 0 Å². The number of nitrogens with one attached hydrogen (secondary N) is 1. The second kappa shape index (κ2) is 7.22. The van der Waals surface area contributed by atoms with Gasteiger partial charge in [0.15, 0.2) is 0 Å². The van der Waals surface area contributed by atoms with Gasteiger partial charge in [0, 0.05) is 33.5 Å². The van der Waals surface area contributed by atoms with Crippen molar-refractivity contribution in [1.82, 2.24) is 15.1 Å². The van der Waals surface area contributed by atoms with Gasteiger partial charge in [0.25, 0.3) is 0 Å². The smallest absolute Gasteiger partial charge is 0.0624 e. The molecule has 1 N–H and O–H groups in total. The molecule has 0 fully saturated rings. The molecule has 0 amide bonds. The number of halogens is 1. The van der Waals surface area contributed by atoms with Gasteiger partial charge in [-0.05, 0) is 40.9 Å². The quantitative estimate of drug-likeness (QED) is 0.779. The lowest BCUT2D eigenvalue weighted by atomic mass is 10.2. The fourth-order valence-electron chi connectivity index (χ4n) is 2.01. The molecule has 2 rings (SSSR count). The van der Waals surface area contributed by atoms with E-state index in [0.717, 1.165) is 32.5 Å². The van der Waals surface area contributed by atoms with E-state index in [2.05, 4.69) is 62.4 Å². The number of rotatable bonds is 7. The normalized spacial score (nSPS) is 11.1. The Balaban J connectivity index is 1.80. The van der Waals surface area contributed by atoms with Gasteiger partial charge in [-0.2, -0.15) is 5.10 Å². The lowest BCUT2D eigenvalue weighted by Crippen LogP contribution is -2.20. The minimum atomic E-state index is 0.930. The molecule has 0 saturated carbocycles. The van der Waals surface area contributed by atoms with Gasteiger partial charge in [0.05, 0.1) is 12.2 Å². The molecule has 104 valence electrons. The molecule has 2 aromatic heterocycles. The molecule has 0 aliphatic rings. The summed E-state index contributed by atoms with van der Waals surface area (Å²) in [5.74, 6) is 0. The third-order valence-corrected chi connectivity index (χ3v) is 4.76. The van der Waals surface area contributed by atoms with Crippen LogP contribution in [-0.2, 0) is 25.9 Å². The van der Waals surface area contributed by atoms with E-state index in [1.807, 2.05) is 0 Å². The number of aromatic nitrogens is 2. The van der Waals surface area contributed by atoms with Crippen LogP contribution in [0.4, 0.5) is 0 Å². The second-order valence-electron chi connectivity index (χ2n) is 4.47. The summed E-state index contributed by atoms with van der Waals surface area (Å²) < 4.78 is 3.30. The van der Waals surface area contributed by atoms with Crippen LogP contribution in [0.1, 0.15) is 30.1 Å². The van der Waals surface area contributed by atoms with Crippen molar-refractivity contribution in [3.63, 3.8) is 0 Å². The predicted molar refractivity (Wildman–Crippen MR) is 84.7 cm³/mol.